The van der Waals surface area contributed by atoms with E-state index in [4.69, 9.17) is 5.73 Å². The quantitative estimate of drug-likeness (QED) is 0.530. The third-order valence-electron chi connectivity index (χ3n) is 1.64. The molecule has 0 aromatic carbocycles. The van der Waals surface area contributed by atoms with Crippen LogP contribution in [0.4, 0.5) is 5.82 Å². The van der Waals surface area contributed by atoms with E-state index < -0.39 is 0 Å². The van der Waals surface area contributed by atoms with E-state index in [0.717, 1.165) is 5.82 Å². The number of hydrogen-bond acceptors (Lipinski definition) is 3. The summed E-state index contributed by atoms with van der Waals surface area (Å²) in [6, 6.07) is 0. The number of aromatic nitrogens is 2. The minimum atomic E-state index is 0.404. The van der Waals surface area contributed by atoms with Crippen molar-refractivity contribution in [3.05, 3.63) is 12.0 Å². The smallest absolute Gasteiger partial charge is 0.163 e. The molecule has 0 aliphatic carbocycles. The molecule has 0 fully saturated rings. The molecule has 0 atom stereocenters. The first-order valence-corrected chi connectivity index (χ1v) is 3.93. The number of hydrogen-bond donors (Lipinski definition) is 1. The summed E-state index contributed by atoms with van der Waals surface area (Å²) in [6.45, 7) is 1.84. The number of imidazole rings is 1. The molecule has 0 radical (unpaired) electrons. The van der Waals surface area contributed by atoms with Crippen LogP contribution in [0.2, 0.25) is 0 Å². The van der Waals surface area contributed by atoms with Crippen molar-refractivity contribution in [3.63, 3.8) is 0 Å². The van der Waals surface area contributed by atoms with Crippen molar-refractivity contribution < 1.29 is 0 Å². The lowest BCUT2D eigenvalue weighted by Crippen LogP contribution is -2.13. The summed E-state index contributed by atoms with van der Waals surface area (Å²) in [6.07, 6.45) is 3.36. The maximum atomic E-state index is 5.64. The molecule has 13 heavy (non-hydrogen) atoms. The fourth-order valence-corrected chi connectivity index (χ4v) is 0.985. The molecule has 1 aromatic rings. The molecule has 0 unspecified atom stereocenters. The average Bonchev–Trinajstić information content (AvgIpc) is 2.48. The minimum Gasteiger partial charge on any atom is -0.382 e. The maximum Gasteiger partial charge on any atom is 0.163 e. The van der Waals surface area contributed by atoms with Crippen LogP contribution in [-0.4, -0.2) is 28.6 Å². The largest absolute Gasteiger partial charge is 0.382 e. The van der Waals surface area contributed by atoms with Crippen LogP contribution in [0.1, 0.15) is 12.6 Å². The van der Waals surface area contributed by atoms with Crippen LogP contribution in [0.5, 0.6) is 0 Å². The number of rotatable bonds is 2. The van der Waals surface area contributed by atoms with Gasteiger partial charge >= 0.3 is 0 Å². The molecule has 1 rings (SSSR count). The van der Waals surface area contributed by atoms with Gasteiger partial charge in [0.05, 0.1) is 6.33 Å². The zero-order valence-electron chi connectivity index (χ0n) is 8.02. The summed E-state index contributed by atoms with van der Waals surface area (Å²) in [7, 11) is 3.49. The number of aliphatic imine (C=N–C) groups is 2. The Morgan fingerprint density at radius 3 is 2.92 bits per heavy atom. The van der Waals surface area contributed by atoms with Gasteiger partial charge in [-0.05, 0) is 6.92 Å². The van der Waals surface area contributed by atoms with Crippen LogP contribution >= 0.6 is 0 Å². The van der Waals surface area contributed by atoms with Gasteiger partial charge in [0.1, 0.15) is 11.5 Å². The lowest BCUT2D eigenvalue weighted by Gasteiger charge is -1.98. The van der Waals surface area contributed by atoms with Crippen molar-refractivity contribution in [2.24, 2.45) is 22.8 Å². The fraction of sp³-hybridized carbons (Fsp3) is 0.375. The third-order valence-corrected chi connectivity index (χ3v) is 1.64. The van der Waals surface area contributed by atoms with E-state index in [0.29, 0.717) is 11.5 Å². The third kappa shape index (κ3) is 1.74. The average molecular weight is 179 g/mol. The first-order valence-electron chi connectivity index (χ1n) is 3.93. The highest BCUT2D eigenvalue weighted by Crippen LogP contribution is 2.15. The Balaban J connectivity index is 3.22. The summed E-state index contributed by atoms with van der Waals surface area (Å²) in [4.78, 5) is 12.1. The van der Waals surface area contributed by atoms with Crippen molar-refractivity contribution in [1.82, 2.24) is 9.55 Å². The highest BCUT2D eigenvalue weighted by molar-refractivity contribution is 5.99. The van der Waals surface area contributed by atoms with Crippen LogP contribution < -0.4 is 5.73 Å². The van der Waals surface area contributed by atoms with Crippen LogP contribution in [0.3, 0.4) is 0 Å². The zero-order chi connectivity index (χ0) is 9.84. The van der Waals surface area contributed by atoms with Gasteiger partial charge in [0.2, 0.25) is 0 Å². The molecule has 0 spiro atoms. The molecular formula is C8H13N5. The second-order valence-electron chi connectivity index (χ2n) is 2.52. The number of nitrogens with two attached hydrogens (primary N) is 1. The van der Waals surface area contributed by atoms with Crippen molar-refractivity contribution >= 4 is 17.9 Å². The molecule has 0 aliphatic rings. The van der Waals surface area contributed by atoms with Crippen molar-refractivity contribution in [3.8, 4) is 0 Å². The summed E-state index contributed by atoms with van der Waals surface area (Å²) in [5, 5.41) is 0. The summed E-state index contributed by atoms with van der Waals surface area (Å²) in [5.74, 6) is 1.13. The highest BCUT2D eigenvalue weighted by Gasteiger charge is 2.09. The van der Waals surface area contributed by atoms with Crippen LogP contribution in [0.25, 0.3) is 0 Å². The van der Waals surface area contributed by atoms with Gasteiger partial charge in [-0.1, -0.05) is 0 Å². The van der Waals surface area contributed by atoms with Gasteiger partial charge in [0.15, 0.2) is 5.82 Å². The summed E-state index contributed by atoms with van der Waals surface area (Å²) >= 11 is 0. The predicted molar refractivity (Wildman–Crippen MR) is 53.7 cm³/mol. The Bertz CT molecular complexity index is 347. The molecule has 70 valence electrons. The SMILES string of the molecule is CC=Nc1c(C(N)=NC)ncn1C. The fourth-order valence-electron chi connectivity index (χ4n) is 0.985. The molecule has 5 heteroatoms. The number of aryl methyl sites for hydroxylation is 1. The van der Waals surface area contributed by atoms with Crippen molar-refractivity contribution in [2.45, 2.75) is 6.92 Å². The van der Waals surface area contributed by atoms with Gasteiger partial charge in [0, 0.05) is 20.3 Å². The van der Waals surface area contributed by atoms with Gasteiger partial charge in [-0.2, -0.15) is 0 Å². The number of amidine groups is 1. The van der Waals surface area contributed by atoms with Crippen LogP contribution in [-0.2, 0) is 7.05 Å². The topological polar surface area (TPSA) is 68.6 Å². The Morgan fingerprint density at radius 2 is 2.38 bits per heavy atom. The Kier molecular flexibility index (Phi) is 2.79. The van der Waals surface area contributed by atoms with E-state index >= 15 is 0 Å². The van der Waals surface area contributed by atoms with Crippen LogP contribution in [0, 0.1) is 0 Å². The summed E-state index contributed by atoms with van der Waals surface area (Å²) in [5.41, 5.74) is 6.27. The minimum absolute atomic E-state index is 0.404. The van der Waals surface area contributed by atoms with E-state index in [2.05, 4.69) is 15.0 Å². The van der Waals surface area contributed by atoms with Crippen molar-refractivity contribution in [1.29, 1.82) is 0 Å². The molecule has 2 N–H and O–H groups in total. The van der Waals surface area contributed by atoms with E-state index in [1.807, 2.05) is 14.0 Å². The molecule has 1 aromatic heterocycles. The molecule has 0 bridgehead atoms. The van der Waals surface area contributed by atoms with E-state index in [9.17, 15) is 0 Å². The molecule has 0 amide bonds. The molecule has 1 heterocycles. The Morgan fingerprint density at radius 1 is 1.69 bits per heavy atom. The van der Waals surface area contributed by atoms with Gasteiger partial charge in [0.25, 0.3) is 0 Å². The highest BCUT2D eigenvalue weighted by atomic mass is 15.1. The lowest BCUT2D eigenvalue weighted by atomic mass is 10.4. The Labute approximate surface area is 77.0 Å². The molecular weight excluding hydrogens is 166 g/mol. The van der Waals surface area contributed by atoms with Gasteiger partial charge in [-0.25, -0.2) is 9.98 Å². The van der Waals surface area contributed by atoms with Gasteiger partial charge in [-0.3, -0.25) is 4.99 Å². The Hall–Kier alpha value is -1.65. The molecule has 5 nitrogen and oxygen atoms in total. The normalized spacial score (nSPS) is 12.7. The molecule has 0 saturated heterocycles. The summed E-state index contributed by atoms with van der Waals surface area (Å²) < 4.78 is 1.80. The first-order chi connectivity index (χ1) is 6.20. The molecule has 0 saturated carbocycles. The number of nitrogens with zero attached hydrogens (tertiary/aromatic N) is 4. The maximum absolute atomic E-state index is 5.64. The predicted octanol–water partition coefficient (Wildman–Crippen LogP) is 0.477. The second kappa shape index (κ2) is 3.84. The first kappa shape index (κ1) is 9.44. The van der Waals surface area contributed by atoms with E-state index in [1.54, 1.807) is 24.2 Å². The van der Waals surface area contributed by atoms with Crippen molar-refractivity contribution in [2.75, 3.05) is 7.05 Å². The van der Waals surface area contributed by atoms with E-state index in [-0.39, 0.29) is 0 Å². The monoisotopic (exact) mass is 179 g/mol. The standard InChI is InChI=1S/C8H13N5/c1-4-11-8-6(7(9)10-2)12-5-13(8)3/h4-5H,1-3H3,(H2,9,10). The zero-order valence-corrected chi connectivity index (χ0v) is 8.02. The van der Waals surface area contributed by atoms with Gasteiger partial charge < -0.3 is 10.3 Å². The van der Waals surface area contributed by atoms with Crippen LogP contribution in [0.15, 0.2) is 16.3 Å². The van der Waals surface area contributed by atoms with Gasteiger partial charge in [-0.15, -0.1) is 0 Å². The molecule has 0 aliphatic heterocycles. The van der Waals surface area contributed by atoms with E-state index in [1.165, 1.54) is 0 Å². The second-order valence-corrected chi connectivity index (χ2v) is 2.52. The lowest BCUT2D eigenvalue weighted by molar-refractivity contribution is 0.912.